The molecule has 1 aromatic carbocycles. The molecule has 4 rings (SSSR count). The second-order valence-electron chi connectivity index (χ2n) is 6.47. The molecule has 0 spiro atoms. The third kappa shape index (κ3) is 3.42. The van der Waals surface area contributed by atoms with Crippen molar-refractivity contribution in [3.8, 4) is 11.5 Å². The van der Waals surface area contributed by atoms with Crippen molar-refractivity contribution < 1.29 is 4.79 Å². The number of nitrogens with one attached hydrogen (secondary N) is 1. The lowest BCUT2D eigenvalue weighted by Crippen LogP contribution is -2.24. The molecule has 0 aliphatic carbocycles. The second kappa shape index (κ2) is 7.48. The highest BCUT2D eigenvalue weighted by atomic mass is 16.1. The van der Waals surface area contributed by atoms with Crippen molar-refractivity contribution in [1.82, 2.24) is 29.6 Å². The zero-order valence-corrected chi connectivity index (χ0v) is 15.7. The highest BCUT2D eigenvalue weighted by molar-refractivity contribution is 5.96. The van der Waals surface area contributed by atoms with E-state index in [2.05, 4.69) is 20.4 Å². The molecule has 3 heterocycles. The van der Waals surface area contributed by atoms with Crippen LogP contribution in [0.5, 0.6) is 0 Å². The first kappa shape index (κ1) is 17.7. The lowest BCUT2D eigenvalue weighted by molar-refractivity contribution is 0.0949. The number of para-hydroxylation sites is 1. The Morgan fingerprint density at radius 2 is 1.93 bits per heavy atom. The smallest absolute Gasteiger partial charge is 0.255 e. The lowest BCUT2D eigenvalue weighted by Gasteiger charge is -2.08. The van der Waals surface area contributed by atoms with Gasteiger partial charge in [-0.25, -0.2) is 14.6 Å². The summed E-state index contributed by atoms with van der Waals surface area (Å²) < 4.78 is 3.62. The molecule has 0 bridgehead atoms. The van der Waals surface area contributed by atoms with Crippen molar-refractivity contribution in [3.63, 3.8) is 0 Å². The van der Waals surface area contributed by atoms with Gasteiger partial charge in [0, 0.05) is 25.1 Å². The molecular formula is C21H20N6O. The molecule has 0 unspecified atom stereocenters. The van der Waals surface area contributed by atoms with Crippen molar-refractivity contribution >= 4 is 5.91 Å². The zero-order valence-electron chi connectivity index (χ0n) is 15.7. The van der Waals surface area contributed by atoms with Gasteiger partial charge in [-0.2, -0.15) is 5.10 Å². The molecule has 0 saturated heterocycles. The summed E-state index contributed by atoms with van der Waals surface area (Å²) in [5.74, 6) is 0.638. The Kier molecular flexibility index (Phi) is 4.72. The number of amides is 1. The quantitative estimate of drug-likeness (QED) is 0.584. The fourth-order valence-corrected chi connectivity index (χ4v) is 3.13. The van der Waals surface area contributed by atoms with E-state index in [0.29, 0.717) is 17.8 Å². The largest absolute Gasteiger partial charge is 0.348 e. The summed E-state index contributed by atoms with van der Waals surface area (Å²) in [6.45, 7) is 4.15. The Morgan fingerprint density at radius 3 is 2.61 bits per heavy atom. The standard InChI is InChI=1S/C21H20N6O/c1-15-20(16(2)27(25-15)18-6-4-3-5-7-18)21(28)24-13-17-8-9-19(23-12-17)26-11-10-22-14-26/h3-12,14H,13H2,1-2H3,(H,24,28). The minimum absolute atomic E-state index is 0.143. The Morgan fingerprint density at radius 1 is 1.11 bits per heavy atom. The van der Waals surface area contributed by atoms with Crippen LogP contribution in [0, 0.1) is 13.8 Å². The normalized spacial score (nSPS) is 10.8. The topological polar surface area (TPSA) is 77.6 Å². The van der Waals surface area contributed by atoms with E-state index in [1.165, 1.54) is 0 Å². The Hall–Kier alpha value is -3.74. The summed E-state index contributed by atoms with van der Waals surface area (Å²) in [6, 6.07) is 13.6. The number of hydrogen-bond donors (Lipinski definition) is 1. The maximum atomic E-state index is 12.8. The molecule has 140 valence electrons. The summed E-state index contributed by atoms with van der Waals surface area (Å²) in [4.78, 5) is 21.2. The van der Waals surface area contributed by atoms with Gasteiger partial charge in [-0.15, -0.1) is 0 Å². The van der Waals surface area contributed by atoms with Gasteiger partial charge in [0.15, 0.2) is 0 Å². The van der Waals surface area contributed by atoms with Crippen LogP contribution in [0.15, 0.2) is 67.4 Å². The minimum atomic E-state index is -0.143. The third-order valence-electron chi connectivity index (χ3n) is 4.55. The van der Waals surface area contributed by atoms with E-state index in [0.717, 1.165) is 22.8 Å². The highest BCUT2D eigenvalue weighted by Crippen LogP contribution is 2.18. The second-order valence-corrected chi connectivity index (χ2v) is 6.47. The van der Waals surface area contributed by atoms with Crippen LogP contribution in [0.3, 0.4) is 0 Å². The molecule has 0 radical (unpaired) electrons. The van der Waals surface area contributed by atoms with Crippen LogP contribution in [0.25, 0.3) is 11.5 Å². The van der Waals surface area contributed by atoms with E-state index in [9.17, 15) is 4.79 Å². The number of carbonyl (C=O) groups excluding carboxylic acids is 1. The molecular weight excluding hydrogens is 352 g/mol. The van der Waals surface area contributed by atoms with Crippen molar-refractivity contribution in [2.24, 2.45) is 0 Å². The number of benzene rings is 1. The van der Waals surface area contributed by atoms with Gasteiger partial charge in [0.25, 0.3) is 5.91 Å². The molecule has 0 saturated carbocycles. The number of pyridine rings is 1. The Bertz CT molecular complexity index is 1080. The zero-order chi connectivity index (χ0) is 19.5. The molecule has 7 nitrogen and oxygen atoms in total. The predicted molar refractivity (Wildman–Crippen MR) is 106 cm³/mol. The summed E-state index contributed by atoms with van der Waals surface area (Å²) in [5, 5.41) is 7.50. The fourth-order valence-electron chi connectivity index (χ4n) is 3.13. The molecule has 1 N–H and O–H groups in total. The average molecular weight is 372 g/mol. The summed E-state index contributed by atoms with van der Waals surface area (Å²) in [5.41, 5.74) is 3.97. The van der Waals surface area contributed by atoms with E-state index >= 15 is 0 Å². The van der Waals surface area contributed by atoms with Gasteiger partial charge in [0.1, 0.15) is 12.1 Å². The molecule has 7 heteroatoms. The first-order chi connectivity index (χ1) is 13.6. The number of aromatic nitrogens is 5. The predicted octanol–water partition coefficient (Wildman–Crippen LogP) is 3.00. The number of imidazole rings is 1. The summed E-state index contributed by atoms with van der Waals surface area (Å²) in [7, 11) is 0. The van der Waals surface area contributed by atoms with Gasteiger partial charge in [0.05, 0.1) is 22.6 Å². The van der Waals surface area contributed by atoms with E-state index in [4.69, 9.17) is 0 Å². The molecule has 0 aliphatic rings. The number of nitrogens with zero attached hydrogens (tertiary/aromatic N) is 5. The molecule has 0 aliphatic heterocycles. The van der Waals surface area contributed by atoms with Gasteiger partial charge >= 0.3 is 0 Å². The minimum Gasteiger partial charge on any atom is -0.348 e. The monoisotopic (exact) mass is 372 g/mol. The van der Waals surface area contributed by atoms with E-state index < -0.39 is 0 Å². The maximum Gasteiger partial charge on any atom is 0.255 e. The number of carbonyl (C=O) groups is 1. The number of hydrogen-bond acceptors (Lipinski definition) is 4. The molecule has 1 amide bonds. The van der Waals surface area contributed by atoms with Crippen molar-refractivity contribution in [2.45, 2.75) is 20.4 Å². The molecule has 0 atom stereocenters. The third-order valence-corrected chi connectivity index (χ3v) is 4.55. The van der Waals surface area contributed by atoms with Crippen LogP contribution in [-0.2, 0) is 6.54 Å². The average Bonchev–Trinajstić information content (AvgIpc) is 3.35. The van der Waals surface area contributed by atoms with E-state index in [-0.39, 0.29) is 5.91 Å². The van der Waals surface area contributed by atoms with Gasteiger partial charge in [-0.3, -0.25) is 9.36 Å². The van der Waals surface area contributed by atoms with Crippen molar-refractivity contribution in [2.75, 3.05) is 0 Å². The first-order valence-corrected chi connectivity index (χ1v) is 8.96. The lowest BCUT2D eigenvalue weighted by atomic mass is 10.1. The number of aryl methyl sites for hydroxylation is 1. The maximum absolute atomic E-state index is 12.8. The van der Waals surface area contributed by atoms with Crippen molar-refractivity contribution in [3.05, 3.63) is 89.9 Å². The SMILES string of the molecule is Cc1nn(-c2ccccc2)c(C)c1C(=O)NCc1ccc(-n2ccnc2)nc1. The van der Waals surface area contributed by atoms with Crippen molar-refractivity contribution in [1.29, 1.82) is 0 Å². The summed E-state index contributed by atoms with van der Waals surface area (Å²) >= 11 is 0. The molecule has 4 aromatic rings. The van der Waals surface area contributed by atoms with E-state index in [1.54, 1.807) is 23.4 Å². The van der Waals surface area contributed by atoms with Gasteiger partial charge in [-0.05, 0) is 37.6 Å². The molecule has 28 heavy (non-hydrogen) atoms. The Balaban J connectivity index is 1.48. The van der Waals surface area contributed by atoms with Gasteiger partial charge in [-0.1, -0.05) is 24.3 Å². The first-order valence-electron chi connectivity index (χ1n) is 8.96. The van der Waals surface area contributed by atoms with Crippen LogP contribution in [0.4, 0.5) is 0 Å². The fraction of sp³-hybridized carbons (Fsp3) is 0.143. The van der Waals surface area contributed by atoms with Crippen LogP contribution < -0.4 is 5.32 Å². The summed E-state index contributed by atoms with van der Waals surface area (Å²) in [6.07, 6.45) is 6.98. The number of rotatable bonds is 5. The molecule has 3 aromatic heterocycles. The van der Waals surface area contributed by atoms with Crippen LogP contribution >= 0.6 is 0 Å². The molecule has 0 fully saturated rings. The van der Waals surface area contributed by atoms with Crippen LogP contribution in [0.2, 0.25) is 0 Å². The van der Waals surface area contributed by atoms with Crippen LogP contribution in [-0.4, -0.2) is 30.2 Å². The van der Waals surface area contributed by atoms with Gasteiger partial charge in [0.2, 0.25) is 0 Å². The van der Waals surface area contributed by atoms with E-state index in [1.807, 2.05) is 67.1 Å². The van der Waals surface area contributed by atoms with Crippen LogP contribution in [0.1, 0.15) is 27.3 Å². The van der Waals surface area contributed by atoms with Gasteiger partial charge < -0.3 is 5.32 Å². The highest BCUT2D eigenvalue weighted by Gasteiger charge is 2.19. The Labute approximate surface area is 162 Å².